The van der Waals surface area contributed by atoms with Gasteiger partial charge in [0.2, 0.25) is 5.95 Å². The zero-order chi connectivity index (χ0) is 33.8. The Morgan fingerprint density at radius 1 is 1.08 bits per heavy atom. The summed E-state index contributed by atoms with van der Waals surface area (Å²) in [4.78, 5) is 46.9. The first kappa shape index (κ1) is 34.0. The third-order valence-electron chi connectivity index (χ3n) is 8.95. The second-order valence-corrected chi connectivity index (χ2v) is 14.3. The number of hydrogen-bond acceptors (Lipinski definition) is 11. The molecule has 0 spiro atoms. The van der Waals surface area contributed by atoms with Gasteiger partial charge in [-0.3, -0.25) is 4.79 Å². The quantitative estimate of drug-likeness (QED) is 0.188. The molecule has 11 nitrogen and oxygen atoms in total. The van der Waals surface area contributed by atoms with Crippen molar-refractivity contribution >= 4 is 74.4 Å². The van der Waals surface area contributed by atoms with Gasteiger partial charge in [0, 0.05) is 42.9 Å². The molecule has 0 radical (unpaired) electrons. The fourth-order valence-corrected chi connectivity index (χ4v) is 8.32. The Balaban J connectivity index is 1.31. The van der Waals surface area contributed by atoms with Crippen LogP contribution in [0.5, 0.6) is 5.75 Å². The first-order valence-corrected chi connectivity index (χ1v) is 18.4. The predicted octanol–water partition coefficient (Wildman–Crippen LogP) is 5.67. The van der Waals surface area contributed by atoms with Crippen molar-refractivity contribution in [2.24, 2.45) is 0 Å². The SMILES string of the molecule is CSCC[C@@](C(=O)O)(c1nc2c(N3CCN(C(=O)COc4ccc(Cl)cc4)CC3)nc(N)nc2s1)N(c1ccc(F)cc1)C1CCCC1. The van der Waals surface area contributed by atoms with E-state index in [-0.39, 0.29) is 36.7 Å². The molecular formula is C33H37ClFN7O4S2. The number of benzene rings is 2. The number of nitrogen functional groups attached to an aromatic ring is 1. The fourth-order valence-electron chi connectivity index (χ4n) is 6.54. The average molecular weight is 714 g/mol. The van der Waals surface area contributed by atoms with Crippen molar-refractivity contribution in [1.29, 1.82) is 0 Å². The lowest BCUT2D eigenvalue weighted by Crippen LogP contribution is -2.56. The highest BCUT2D eigenvalue weighted by molar-refractivity contribution is 7.98. The molecule has 2 aliphatic rings. The number of anilines is 3. The Morgan fingerprint density at radius 2 is 1.77 bits per heavy atom. The Morgan fingerprint density at radius 3 is 2.42 bits per heavy atom. The van der Waals surface area contributed by atoms with E-state index in [0.29, 0.717) is 69.6 Å². The van der Waals surface area contributed by atoms with E-state index in [1.165, 1.54) is 23.5 Å². The molecule has 6 rings (SSSR count). The molecule has 2 fully saturated rings. The molecule has 15 heteroatoms. The molecule has 1 saturated carbocycles. The van der Waals surface area contributed by atoms with Gasteiger partial charge in [-0.1, -0.05) is 35.8 Å². The van der Waals surface area contributed by atoms with Gasteiger partial charge in [0.05, 0.1) is 0 Å². The monoisotopic (exact) mass is 713 g/mol. The lowest BCUT2D eigenvalue weighted by Gasteiger charge is -2.44. The maximum Gasteiger partial charge on any atom is 0.336 e. The van der Waals surface area contributed by atoms with Crippen molar-refractivity contribution in [3.63, 3.8) is 0 Å². The first-order chi connectivity index (χ1) is 23.2. The van der Waals surface area contributed by atoms with Gasteiger partial charge < -0.3 is 30.3 Å². The zero-order valence-corrected chi connectivity index (χ0v) is 28.9. The predicted molar refractivity (Wildman–Crippen MR) is 189 cm³/mol. The van der Waals surface area contributed by atoms with Crippen LogP contribution in [-0.2, 0) is 15.1 Å². The van der Waals surface area contributed by atoms with Gasteiger partial charge in [0.25, 0.3) is 5.91 Å². The van der Waals surface area contributed by atoms with Crippen LogP contribution in [0.4, 0.5) is 21.8 Å². The molecule has 1 saturated heterocycles. The van der Waals surface area contributed by atoms with Gasteiger partial charge >= 0.3 is 5.97 Å². The van der Waals surface area contributed by atoms with E-state index in [9.17, 15) is 19.1 Å². The van der Waals surface area contributed by atoms with Crippen LogP contribution in [0.25, 0.3) is 10.3 Å². The summed E-state index contributed by atoms with van der Waals surface area (Å²) in [6.07, 6.45) is 5.82. The highest BCUT2D eigenvalue weighted by Gasteiger charge is 2.51. The summed E-state index contributed by atoms with van der Waals surface area (Å²) >= 11 is 8.71. The van der Waals surface area contributed by atoms with E-state index < -0.39 is 11.5 Å². The van der Waals surface area contributed by atoms with E-state index in [1.54, 1.807) is 53.1 Å². The lowest BCUT2D eigenvalue weighted by atomic mass is 9.90. The molecule has 254 valence electrons. The van der Waals surface area contributed by atoms with Crippen molar-refractivity contribution in [3.05, 3.63) is 64.4 Å². The molecule has 48 heavy (non-hydrogen) atoms. The number of ether oxygens (including phenoxy) is 1. The molecule has 4 aromatic rings. The second kappa shape index (κ2) is 14.7. The molecule has 1 atom stereocenters. The minimum atomic E-state index is -1.54. The molecule has 1 aliphatic heterocycles. The number of nitrogens with two attached hydrogens (primary N) is 1. The van der Waals surface area contributed by atoms with Crippen molar-refractivity contribution in [1.82, 2.24) is 19.9 Å². The fraction of sp³-hybridized carbons (Fsp3) is 0.424. The van der Waals surface area contributed by atoms with Gasteiger partial charge in [0.1, 0.15) is 22.1 Å². The summed E-state index contributed by atoms with van der Waals surface area (Å²) in [7, 11) is 0. The van der Waals surface area contributed by atoms with Gasteiger partial charge in [-0.05, 0) is 79.8 Å². The number of aliphatic carboxylic acids is 1. The molecule has 2 aromatic heterocycles. The van der Waals surface area contributed by atoms with Crippen LogP contribution in [0.3, 0.4) is 0 Å². The van der Waals surface area contributed by atoms with Crippen LogP contribution in [0, 0.1) is 5.82 Å². The Kier molecular flexibility index (Phi) is 10.4. The van der Waals surface area contributed by atoms with E-state index in [4.69, 9.17) is 27.1 Å². The van der Waals surface area contributed by atoms with Crippen LogP contribution >= 0.6 is 34.7 Å². The average Bonchev–Trinajstić information content (AvgIpc) is 3.77. The third-order valence-corrected chi connectivity index (χ3v) is 10.9. The molecule has 3 heterocycles. The molecule has 0 bridgehead atoms. The number of thioether (sulfide) groups is 1. The number of carbonyl (C=O) groups excluding carboxylic acids is 1. The van der Waals surface area contributed by atoms with Gasteiger partial charge in [-0.25, -0.2) is 19.2 Å². The summed E-state index contributed by atoms with van der Waals surface area (Å²) in [6, 6.07) is 12.8. The minimum absolute atomic E-state index is 0.0544. The summed E-state index contributed by atoms with van der Waals surface area (Å²) < 4.78 is 19.7. The topological polar surface area (TPSA) is 138 Å². The first-order valence-electron chi connectivity index (χ1n) is 15.8. The van der Waals surface area contributed by atoms with Crippen molar-refractivity contribution in [3.8, 4) is 5.75 Å². The number of fused-ring (bicyclic) bond motifs is 1. The third kappa shape index (κ3) is 6.96. The number of piperazine rings is 1. The molecule has 1 amide bonds. The highest BCUT2D eigenvalue weighted by atomic mass is 35.5. The van der Waals surface area contributed by atoms with Gasteiger partial charge in [0.15, 0.2) is 22.8 Å². The van der Waals surface area contributed by atoms with Crippen LogP contribution < -0.4 is 20.3 Å². The van der Waals surface area contributed by atoms with Crippen LogP contribution in [0.1, 0.15) is 37.1 Å². The molecule has 3 N–H and O–H groups in total. The number of thiazole rings is 1. The van der Waals surface area contributed by atoms with Crippen molar-refractivity contribution in [2.45, 2.75) is 43.7 Å². The van der Waals surface area contributed by atoms with Gasteiger partial charge in [-0.15, -0.1) is 0 Å². The zero-order valence-electron chi connectivity index (χ0n) is 26.5. The Labute approximate surface area is 291 Å². The normalized spacial score (nSPS) is 16.6. The number of carboxylic acids is 1. The Bertz CT molecular complexity index is 1750. The number of hydrogen-bond donors (Lipinski definition) is 2. The standard InChI is InChI=1S/C33H37ClFN7O4S2/c1-47-19-14-33(31(44)45,42(23-4-2-3-5-23)24-10-8-22(35)9-11-24)30-37-27-28(38-32(36)39-29(27)48-30)41-17-15-40(16-18-41)26(43)20-46-25-12-6-21(34)7-13-25/h6-13,23H,2-5,14-20H2,1H3,(H,44,45)(H2,36,38,39)/t33-/m0/s1. The van der Waals surface area contributed by atoms with E-state index in [1.807, 2.05) is 16.1 Å². The maximum absolute atomic E-state index is 14.1. The number of amides is 1. The number of halogens is 2. The second-order valence-electron chi connectivity index (χ2n) is 11.9. The molecule has 2 aromatic carbocycles. The maximum atomic E-state index is 14.1. The number of carbonyl (C=O) groups is 2. The minimum Gasteiger partial charge on any atom is -0.484 e. The number of carboxylic acid groups (broad SMARTS) is 1. The number of rotatable bonds is 12. The molecule has 1 aliphatic carbocycles. The van der Waals surface area contributed by atoms with Crippen LogP contribution in [0.2, 0.25) is 5.02 Å². The molecule has 0 unspecified atom stereocenters. The van der Waals surface area contributed by atoms with E-state index >= 15 is 0 Å². The number of nitrogens with zero attached hydrogens (tertiary/aromatic N) is 6. The van der Waals surface area contributed by atoms with E-state index in [0.717, 1.165) is 25.7 Å². The Hall–Kier alpha value is -3.88. The van der Waals surface area contributed by atoms with Crippen LogP contribution in [-0.4, -0.2) is 87.7 Å². The number of aromatic nitrogens is 3. The summed E-state index contributed by atoms with van der Waals surface area (Å²) in [6.45, 7) is 1.69. The lowest BCUT2D eigenvalue weighted by molar-refractivity contribution is -0.144. The summed E-state index contributed by atoms with van der Waals surface area (Å²) in [5.74, 6) is 0.127. The van der Waals surface area contributed by atoms with E-state index in [2.05, 4.69) is 9.97 Å². The van der Waals surface area contributed by atoms with Crippen molar-refractivity contribution in [2.75, 3.05) is 60.3 Å². The highest BCUT2D eigenvalue weighted by Crippen LogP contribution is 2.45. The van der Waals surface area contributed by atoms with Crippen molar-refractivity contribution < 1.29 is 23.8 Å². The van der Waals surface area contributed by atoms with Gasteiger partial charge in [-0.2, -0.15) is 16.7 Å². The molecular weight excluding hydrogens is 677 g/mol. The largest absolute Gasteiger partial charge is 0.484 e. The van der Waals surface area contributed by atoms with Crippen LogP contribution in [0.15, 0.2) is 48.5 Å². The smallest absolute Gasteiger partial charge is 0.336 e. The summed E-state index contributed by atoms with van der Waals surface area (Å²) in [5, 5.41) is 12.1. The summed E-state index contributed by atoms with van der Waals surface area (Å²) in [5.41, 5.74) is 5.77.